The maximum atomic E-state index is 13.0. The van der Waals surface area contributed by atoms with E-state index < -0.39 is 0 Å². The molecule has 1 N–H and O–H groups in total. The van der Waals surface area contributed by atoms with Gasteiger partial charge in [-0.25, -0.2) is 4.39 Å². The number of halogens is 1. The first-order valence-electron chi connectivity index (χ1n) is 6.19. The molecule has 0 aliphatic rings. The molecule has 0 bridgehead atoms. The van der Waals surface area contributed by atoms with Gasteiger partial charge in [-0.05, 0) is 48.7 Å². The number of rotatable bonds is 4. The van der Waals surface area contributed by atoms with E-state index >= 15 is 0 Å². The molecule has 0 saturated heterocycles. The van der Waals surface area contributed by atoms with Gasteiger partial charge in [0.15, 0.2) is 0 Å². The van der Waals surface area contributed by atoms with Crippen LogP contribution in [-0.4, -0.2) is 6.54 Å². The number of nitrogens with zero attached hydrogens (tertiary/aromatic N) is 1. The van der Waals surface area contributed by atoms with E-state index in [4.69, 9.17) is 5.26 Å². The number of nitrogens with one attached hydrogen (secondary N) is 1. The normalized spacial score (nSPS) is 9.95. The molecule has 0 aromatic heterocycles. The van der Waals surface area contributed by atoms with Crippen LogP contribution in [0.3, 0.4) is 0 Å². The summed E-state index contributed by atoms with van der Waals surface area (Å²) in [5.41, 5.74) is 3.54. The SMILES string of the molecule is Cc1cc(F)ccc1CCNc1ccccc1C#N. The number of aryl methyl sites for hydroxylation is 1. The lowest BCUT2D eigenvalue weighted by Crippen LogP contribution is -2.07. The van der Waals surface area contributed by atoms with Gasteiger partial charge in [0.2, 0.25) is 0 Å². The predicted octanol–water partition coefficient (Wildman–Crippen LogP) is 3.66. The van der Waals surface area contributed by atoms with Gasteiger partial charge in [-0.3, -0.25) is 0 Å². The van der Waals surface area contributed by atoms with Gasteiger partial charge in [0.25, 0.3) is 0 Å². The molecule has 0 saturated carbocycles. The monoisotopic (exact) mass is 254 g/mol. The second-order valence-corrected chi connectivity index (χ2v) is 4.40. The van der Waals surface area contributed by atoms with Crippen LogP contribution in [0.25, 0.3) is 0 Å². The Morgan fingerprint density at radius 3 is 2.74 bits per heavy atom. The molecule has 2 rings (SSSR count). The minimum absolute atomic E-state index is 0.205. The van der Waals surface area contributed by atoms with E-state index in [2.05, 4.69) is 11.4 Å². The lowest BCUT2D eigenvalue weighted by Gasteiger charge is -2.09. The first-order chi connectivity index (χ1) is 9.20. The van der Waals surface area contributed by atoms with Crippen LogP contribution in [0.4, 0.5) is 10.1 Å². The first kappa shape index (κ1) is 13.1. The van der Waals surface area contributed by atoms with Crippen LogP contribution < -0.4 is 5.32 Å². The number of hydrogen-bond donors (Lipinski definition) is 1. The lowest BCUT2D eigenvalue weighted by molar-refractivity contribution is 0.625. The molecule has 0 heterocycles. The van der Waals surface area contributed by atoms with E-state index in [1.165, 1.54) is 6.07 Å². The van der Waals surface area contributed by atoms with Crippen molar-refractivity contribution in [2.75, 3.05) is 11.9 Å². The number of benzene rings is 2. The first-order valence-corrected chi connectivity index (χ1v) is 6.19. The predicted molar refractivity (Wildman–Crippen MR) is 74.5 cm³/mol. The molecule has 3 heteroatoms. The Balaban J connectivity index is 1.99. The molecule has 2 aromatic carbocycles. The molecule has 0 unspecified atom stereocenters. The standard InChI is InChI=1S/C16H15FN2/c1-12-10-15(17)7-6-13(12)8-9-19-16-5-3-2-4-14(16)11-18/h2-7,10,19H,8-9H2,1H3. The number of anilines is 1. The smallest absolute Gasteiger partial charge is 0.123 e. The number of nitriles is 1. The fraction of sp³-hybridized carbons (Fsp3) is 0.188. The van der Waals surface area contributed by atoms with Crippen LogP contribution in [-0.2, 0) is 6.42 Å². The third-order valence-corrected chi connectivity index (χ3v) is 3.06. The van der Waals surface area contributed by atoms with Gasteiger partial charge in [-0.1, -0.05) is 18.2 Å². The van der Waals surface area contributed by atoms with Crippen LogP contribution in [0.1, 0.15) is 16.7 Å². The summed E-state index contributed by atoms with van der Waals surface area (Å²) in [6, 6.07) is 14.4. The topological polar surface area (TPSA) is 35.8 Å². The maximum absolute atomic E-state index is 13.0. The van der Waals surface area contributed by atoms with Crippen LogP contribution in [0.2, 0.25) is 0 Å². The summed E-state index contributed by atoms with van der Waals surface area (Å²) in [5, 5.41) is 12.2. The molecule has 0 atom stereocenters. The molecule has 0 amide bonds. The zero-order valence-electron chi connectivity index (χ0n) is 10.8. The fourth-order valence-corrected chi connectivity index (χ4v) is 2.01. The molecule has 0 fully saturated rings. The Labute approximate surface area is 112 Å². The minimum atomic E-state index is -0.205. The zero-order valence-corrected chi connectivity index (χ0v) is 10.8. The lowest BCUT2D eigenvalue weighted by atomic mass is 10.1. The Morgan fingerprint density at radius 1 is 1.21 bits per heavy atom. The average molecular weight is 254 g/mol. The van der Waals surface area contributed by atoms with E-state index in [0.717, 1.165) is 23.2 Å². The highest BCUT2D eigenvalue weighted by atomic mass is 19.1. The van der Waals surface area contributed by atoms with Gasteiger partial charge in [0, 0.05) is 6.54 Å². The average Bonchev–Trinajstić information content (AvgIpc) is 2.42. The second-order valence-electron chi connectivity index (χ2n) is 4.40. The summed E-state index contributed by atoms with van der Waals surface area (Å²) in [6.45, 7) is 2.62. The van der Waals surface area contributed by atoms with Crippen molar-refractivity contribution < 1.29 is 4.39 Å². The molecule has 2 nitrogen and oxygen atoms in total. The molecule has 0 spiro atoms. The van der Waals surface area contributed by atoms with Crippen molar-refractivity contribution in [3.8, 4) is 6.07 Å². The Morgan fingerprint density at radius 2 is 2.00 bits per heavy atom. The van der Waals surface area contributed by atoms with Crippen molar-refractivity contribution in [3.05, 3.63) is 65.0 Å². The Bertz CT molecular complexity index is 614. The Kier molecular flexibility index (Phi) is 4.15. The summed E-state index contributed by atoms with van der Waals surface area (Å²) in [4.78, 5) is 0. The Hall–Kier alpha value is -2.34. The third kappa shape index (κ3) is 3.32. The van der Waals surface area contributed by atoms with Crippen LogP contribution in [0, 0.1) is 24.1 Å². The molecule has 0 aliphatic heterocycles. The summed E-state index contributed by atoms with van der Waals surface area (Å²) in [5.74, 6) is -0.205. The number of hydrogen-bond acceptors (Lipinski definition) is 2. The highest BCUT2D eigenvalue weighted by Gasteiger charge is 2.02. The van der Waals surface area contributed by atoms with Gasteiger partial charge < -0.3 is 5.32 Å². The van der Waals surface area contributed by atoms with Crippen molar-refractivity contribution in [1.29, 1.82) is 5.26 Å². The van der Waals surface area contributed by atoms with Gasteiger partial charge in [-0.15, -0.1) is 0 Å². The molecular formula is C16H15FN2. The highest BCUT2D eigenvalue weighted by molar-refractivity contribution is 5.57. The summed E-state index contributed by atoms with van der Waals surface area (Å²) in [6.07, 6.45) is 0.797. The minimum Gasteiger partial charge on any atom is -0.384 e. The second kappa shape index (κ2) is 6.01. The molecule has 0 aliphatic carbocycles. The quantitative estimate of drug-likeness (QED) is 0.903. The third-order valence-electron chi connectivity index (χ3n) is 3.06. The summed E-state index contributed by atoms with van der Waals surface area (Å²) in [7, 11) is 0. The molecule has 0 radical (unpaired) electrons. The fourth-order valence-electron chi connectivity index (χ4n) is 2.01. The van der Waals surface area contributed by atoms with Crippen LogP contribution >= 0.6 is 0 Å². The largest absolute Gasteiger partial charge is 0.384 e. The van der Waals surface area contributed by atoms with Crippen molar-refractivity contribution in [2.45, 2.75) is 13.3 Å². The van der Waals surface area contributed by atoms with Crippen LogP contribution in [0.5, 0.6) is 0 Å². The van der Waals surface area contributed by atoms with Crippen molar-refractivity contribution in [2.24, 2.45) is 0 Å². The molecule has 2 aromatic rings. The maximum Gasteiger partial charge on any atom is 0.123 e. The van der Waals surface area contributed by atoms with Crippen molar-refractivity contribution in [1.82, 2.24) is 0 Å². The zero-order chi connectivity index (χ0) is 13.7. The summed E-state index contributed by atoms with van der Waals surface area (Å²) >= 11 is 0. The summed E-state index contributed by atoms with van der Waals surface area (Å²) < 4.78 is 13.0. The highest BCUT2D eigenvalue weighted by Crippen LogP contribution is 2.15. The molecule has 96 valence electrons. The van der Waals surface area contributed by atoms with E-state index in [0.29, 0.717) is 12.1 Å². The van der Waals surface area contributed by atoms with Crippen LogP contribution in [0.15, 0.2) is 42.5 Å². The van der Waals surface area contributed by atoms with Gasteiger partial charge >= 0.3 is 0 Å². The van der Waals surface area contributed by atoms with E-state index in [9.17, 15) is 4.39 Å². The molecular weight excluding hydrogens is 239 g/mol. The molecule has 19 heavy (non-hydrogen) atoms. The van der Waals surface area contributed by atoms with Gasteiger partial charge in [0.05, 0.1) is 11.3 Å². The van der Waals surface area contributed by atoms with E-state index in [1.54, 1.807) is 12.1 Å². The van der Waals surface area contributed by atoms with Gasteiger partial charge in [-0.2, -0.15) is 5.26 Å². The van der Waals surface area contributed by atoms with Crippen molar-refractivity contribution in [3.63, 3.8) is 0 Å². The van der Waals surface area contributed by atoms with E-state index in [-0.39, 0.29) is 5.82 Å². The van der Waals surface area contributed by atoms with Gasteiger partial charge in [0.1, 0.15) is 11.9 Å². The van der Waals surface area contributed by atoms with E-state index in [1.807, 2.05) is 31.2 Å². The number of para-hydroxylation sites is 1. The van der Waals surface area contributed by atoms with Crippen molar-refractivity contribution >= 4 is 5.69 Å².